The standard InChI is InChI=1S/C19H23FN4O2/c1-3-5-19(25)24-9-8-23(12-14(24)2)17-11-18(22-13-21-17)26-16-7-4-6-15(20)10-16/h4,6-7,10-11,13-14H,3,5,8-9,12H2,1-2H3. The van der Waals surface area contributed by atoms with Crippen molar-refractivity contribution in [1.29, 1.82) is 0 Å². The molecular weight excluding hydrogens is 335 g/mol. The fourth-order valence-electron chi connectivity index (χ4n) is 3.10. The van der Waals surface area contributed by atoms with Crippen LogP contribution in [0.15, 0.2) is 36.7 Å². The molecule has 0 aliphatic carbocycles. The Kier molecular flexibility index (Phi) is 5.65. The monoisotopic (exact) mass is 358 g/mol. The van der Waals surface area contributed by atoms with Gasteiger partial charge < -0.3 is 14.5 Å². The van der Waals surface area contributed by atoms with Crippen LogP contribution < -0.4 is 9.64 Å². The number of ether oxygens (including phenoxy) is 1. The van der Waals surface area contributed by atoms with Crippen molar-refractivity contribution < 1.29 is 13.9 Å². The van der Waals surface area contributed by atoms with Crippen molar-refractivity contribution in [2.24, 2.45) is 0 Å². The van der Waals surface area contributed by atoms with Crippen LogP contribution in [0.2, 0.25) is 0 Å². The van der Waals surface area contributed by atoms with E-state index in [1.165, 1.54) is 18.5 Å². The van der Waals surface area contributed by atoms with Gasteiger partial charge in [0.1, 0.15) is 23.7 Å². The third-order valence-corrected chi connectivity index (χ3v) is 4.38. The third-order valence-electron chi connectivity index (χ3n) is 4.38. The number of halogens is 1. The van der Waals surface area contributed by atoms with Gasteiger partial charge in [-0.05, 0) is 25.5 Å². The molecule has 0 bridgehead atoms. The summed E-state index contributed by atoms with van der Waals surface area (Å²) in [5.74, 6) is 1.33. The van der Waals surface area contributed by atoms with Crippen LogP contribution in [0.1, 0.15) is 26.7 Å². The molecule has 1 saturated heterocycles. The van der Waals surface area contributed by atoms with Gasteiger partial charge in [-0.15, -0.1) is 0 Å². The smallest absolute Gasteiger partial charge is 0.224 e. The van der Waals surface area contributed by atoms with Crippen molar-refractivity contribution in [3.63, 3.8) is 0 Å². The second-order valence-corrected chi connectivity index (χ2v) is 6.41. The maximum absolute atomic E-state index is 13.3. The molecule has 2 aromatic rings. The summed E-state index contributed by atoms with van der Waals surface area (Å²) in [6, 6.07) is 7.78. The van der Waals surface area contributed by atoms with Gasteiger partial charge in [-0.3, -0.25) is 4.79 Å². The molecule has 1 aromatic heterocycles. The molecule has 26 heavy (non-hydrogen) atoms. The molecule has 6 nitrogen and oxygen atoms in total. The number of anilines is 1. The molecule has 3 rings (SSSR count). The van der Waals surface area contributed by atoms with E-state index in [-0.39, 0.29) is 17.8 Å². The van der Waals surface area contributed by atoms with E-state index in [0.717, 1.165) is 12.2 Å². The molecule has 1 aliphatic rings. The number of carbonyl (C=O) groups is 1. The van der Waals surface area contributed by atoms with E-state index in [2.05, 4.69) is 14.9 Å². The van der Waals surface area contributed by atoms with E-state index in [0.29, 0.717) is 37.7 Å². The Balaban J connectivity index is 1.68. The van der Waals surface area contributed by atoms with Crippen LogP contribution in [0, 0.1) is 5.82 Å². The van der Waals surface area contributed by atoms with Gasteiger partial charge in [-0.2, -0.15) is 0 Å². The van der Waals surface area contributed by atoms with Crippen molar-refractivity contribution in [3.8, 4) is 11.6 Å². The molecule has 0 spiro atoms. The number of carbonyl (C=O) groups excluding carboxylic acids is 1. The van der Waals surface area contributed by atoms with Crippen LogP contribution in [0.5, 0.6) is 11.6 Å². The lowest BCUT2D eigenvalue weighted by Gasteiger charge is -2.40. The minimum absolute atomic E-state index is 0.116. The van der Waals surface area contributed by atoms with Gasteiger partial charge in [-0.1, -0.05) is 13.0 Å². The second-order valence-electron chi connectivity index (χ2n) is 6.41. The predicted molar refractivity (Wildman–Crippen MR) is 96.8 cm³/mol. The minimum atomic E-state index is -0.363. The van der Waals surface area contributed by atoms with Gasteiger partial charge in [0.05, 0.1) is 0 Å². The normalized spacial score (nSPS) is 17.3. The van der Waals surface area contributed by atoms with E-state index in [9.17, 15) is 9.18 Å². The fraction of sp³-hybridized carbons (Fsp3) is 0.421. The van der Waals surface area contributed by atoms with Crippen molar-refractivity contribution in [3.05, 3.63) is 42.5 Å². The molecule has 1 fully saturated rings. The molecule has 1 unspecified atom stereocenters. The molecule has 1 atom stereocenters. The maximum atomic E-state index is 13.3. The van der Waals surface area contributed by atoms with Gasteiger partial charge in [-0.25, -0.2) is 14.4 Å². The summed E-state index contributed by atoms with van der Waals surface area (Å²) in [5.41, 5.74) is 0. The predicted octanol–water partition coefficient (Wildman–Crippen LogP) is 3.25. The van der Waals surface area contributed by atoms with E-state index in [4.69, 9.17) is 4.74 Å². The quantitative estimate of drug-likeness (QED) is 0.821. The Morgan fingerprint density at radius 2 is 2.15 bits per heavy atom. The lowest BCUT2D eigenvalue weighted by Crippen LogP contribution is -2.54. The molecule has 0 N–H and O–H groups in total. The van der Waals surface area contributed by atoms with Crippen LogP contribution in [0.25, 0.3) is 0 Å². The van der Waals surface area contributed by atoms with Crippen LogP contribution in [-0.2, 0) is 4.79 Å². The van der Waals surface area contributed by atoms with Crippen molar-refractivity contribution in [2.45, 2.75) is 32.7 Å². The first kappa shape index (κ1) is 18.1. The van der Waals surface area contributed by atoms with Gasteiger partial charge in [0.15, 0.2) is 0 Å². The van der Waals surface area contributed by atoms with E-state index in [1.807, 2.05) is 18.7 Å². The van der Waals surface area contributed by atoms with Gasteiger partial charge in [0, 0.05) is 44.2 Å². The van der Waals surface area contributed by atoms with Crippen LogP contribution in [0.3, 0.4) is 0 Å². The lowest BCUT2D eigenvalue weighted by atomic mass is 10.1. The molecule has 1 aromatic carbocycles. The highest BCUT2D eigenvalue weighted by Crippen LogP contribution is 2.24. The van der Waals surface area contributed by atoms with Crippen molar-refractivity contribution in [1.82, 2.24) is 14.9 Å². The minimum Gasteiger partial charge on any atom is -0.439 e. The maximum Gasteiger partial charge on any atom is 0.224 e. The largest absolute Gasteiger partial charge is 0.439 e. The van der Waals surface area contributed by atoms with Crippen LogP contribution in [-0.4, -0.2) is 46.5 Å². The summed E-state index contributed by atoms with van der Waals surface area (Å²) in [5, 5.41) is 0. The summed E-state index contributed by atoms with van der Waals surface area (Å²) in [4.78, 5) is 24.6. The Labute approximate surface area is 152 Å². The first-order chi connectivity index (χ1) is 12.6. The zero-order valence-electron chi connectivity index (χ0n) is 15.1. The Morgan fingerprint density at radius 1 is 1.31 bits per heavy atom. The molecule has 7 heteroatoms. The number of aromatic nitrogens is 2. The van der Waals surface area contributed by atoms with Crippen LogP contribution in [0.4, 0.5) is 10.2 Å². The Hall–Kier alpha value is -2.70. The topological polar surface area (TPSA) is 58.6 Å². The first-order valence-corrected chi connectivity index (χ1v) is 8.86. The average molecular weight is 358 g/mol. The molecule has 0 radical (unpaired) electrons. The van der Waals surface area contributed by atoms with E-state index < -0.39 is 0 Å². The summed E-state index contributed by atoms with van der Waals surface area (Å²) in [6.07, 6.45) is 2.88. The zero-order chi connectivity index (χ0) is 18.5. The second kappa shape index (κ2) is 8.12. The highest BCUT2D eigenvalue weighted by molar-refractivity contribution is 5.76. The number of hydrogen-bond donors (Lipinski definition) is 0. The number of nitrogens with zero attached hydrogens (tertiary/aromatic N) is 4. The average Bonchev–Trinajstić information content (AvgIpc) is 2.62. The molecular formula is C19H23FN4O2. The first-order valence-electron chi connectivity index (χ1n) is 8.86. The molecule has 2 heterocycles. The van der Waals surface area contributed by atoms with Gasteiger partial charge in [0.2, 0.25) is 11.8 Å². The highest BCUT2D eigenvalue weighted by Gasteiger charge is 2.27. The summed E-state index contributed by atoms with van der Waals surface area (Å²) >= 11 is 0. The van der Waals surface area contributed by atoms with E-state index >= 15 is 0 Å². The van der Waals surface area contributed by atoms with Crippen molar-refractivity contribution in [2.75, 3.05) is 24.5 Å². The highest BCUT2D eigenvalue weighted by atomic mass is 19.1. The van der Waals surface area contributed by atoms with Crippen LogP contribution >= 0.6 is 0 Å². The zero-order valence-corrected chi connectivity index (χ0v) is 15.1. The fourth-order valence-corrected chi connectivity index (χ4v) is 3.10. The van der Waals surface area contributed by atoms with E-state index in [1.54, 1.807) is 18.2 Å². The number of rotatable bonds is 5. The number of amides is 1. The Bertz CT molecular complexity index is 771. The van der Waals surface area contributed by atoms with Crippen molar-refractivity contribution >= 4 is 11.7 Å². The number of piperazine rings is 1. The summed E-state index contributed by atoms with van der Waals surface area (Å²) in [6.45, 7) is 6.14. The SMILES string of the molecule is CCCC(=O)N1CCN(c2cc(Oc3cccc(F)c3)ncn2)CC1C. The summed E-state index contributed by atoms with van der Waals surface area (Å²) in [7, 11) is 0. The molecule has 1 amide bonds. The lowest BCUT2D eigenvalue weighted by molar-refractivity contribution is -0.133. The van der Waals surface area contributed by atoms with Gasteiger partial charge in [0.25, 0.3) is 0 Å². The number of hydrogen-bond acceptors (Lipinski definition) is 5. The Morgan fingerprint density at radius 3 is 2.88 bits per heavy atom. The van der Waals surface area contributed by atoms with Gasteiger partial charge >= 0.3 is 0 Å². The molecule has 0 saturated carbocycles. The molecule has 1 aliphatic heterocycles. The third kappa shape index (κ3) is 4.28. The number of benzene rings is 1. The summed E-state index contributed by atoms with van der Waals surface area (Å²) < 4.78 is 18.9. The molecule has 138 valence electrons.